The van der Waals surface area contributed by atoms with Gasteiger partial charge in [-0.2, -0.15) is 0 Å². The summed E-state index contributed by atoms with van der Waals surface area (Å²) in [5.41, 5.74) is 3.06. The molecule has 0 atom stereocenters. The number of carbonyl (C=O) groups is 2. The standard InChI is InChI=1S/C19H20N2O3/c1-13-4-9-16(17(22)11-13)20-18(23)12-14-5-7-15(8-6-14)21-10-2-3-19(21)24/h4-9,11,22H,2-3,10,12H2,1H3,(H,20,23). The highest BCUT2D eigenvalue weighted by Crippen LogP contribution is 2.24. The van der Waals surface area contributed by atoms with Crippen LogP contribution in [0.5, 0.6) is 5.75 Å². The third kappa shape index (κ3) is 3.56. The van der Waals surface area contributed by atoms with Gasteiger partial charge in [0.2, 0.25) is 11.8 Å². The number of rotatable bonds is 4. The number of aromatic hydroxyl groups is 1. The molecule has 24 heavy (non-hydrogen) atoms. The Balaban J connectivity index is 1.63. The average Bonchev–Trinajstić information content (AvgIpc) is 2.97. The van der Waals surface area contributed by atoms with E-state index in [1.807, 2.05) is 37.3 Å². The predicted octanol–water partition coefficient (Wildman–Crippen LogP) is 3.01. The Morgan fingerprint density at radius 3 is 2.58 bits per heavy atom. The molecule has 0 bridgehead atoms. The number of nitrogens with one attached hydrogen (secondary N) is 1. The summed E-state index contributed by atoms with van der Waals surface area (Å²) < 4.78 is 0. The maximum atomic E-state index is 12.1. The first-order chi connectivity index (χ1) is 11.5. The van der Waals surface area contributed by atoms with E-state index in [1.165, 1.54) is 0 Å². The van der Waals surface area contributed by atoms with E-state index in [-0.39, 0.29) is 24.0 Å². The summed E-state index contributed by atoms with van der Waals surface area (Å²) in [6.45, 7) is 2.63. The van der Waals surface area contributed by atoms with Crippen LogP contribution >= 0.6 is 0 Å². The summed E-state index contributed by atoms with van der Waals surface area (Å²) in [6.07, 6.45) is 1.70. The van der Waals surface area contributed by atoms with Gasteiger partial charge in [0.1, 0.15) is 5.75 Å². The van der Waals surface area contributed by atoms with Crippen LogP contribution in [0.1, 0.15) is 24.0 Å². The van der Waals surface area contributed by atoms with E-state index in [1.54, 1.807) is 17.0 Å². The van der Waals surface area contributed by atoms with Crippen molar-refractivity contribution in [3.05, 3.63) is 53.6 Å². The van der Waals surface area contributed by atoms with Crippen molar-refractivity contribution in [3.8, 4) is 5.75 Å². The third-order valence-corrected chi connectivity index (χ3v) is 4.11. The van der Waals surface area contributed by atoms with Crippen LogP contribution in [0.4, 0.5) is 11.4 Å². The van der Waals surface area contributed by atoms with Crippen molar-refractivity contribution in [1.82, 2.24) is 0 Å². The van der Waals surface area contributed by atoms with E-state index >= 15 is 0 Å². The van der Waals surface area contributed by atoms with Crippen molar-refractivity contribution >= 4 is 23.2 Å². The van der Waals surface area contributed by atoms with Gasteiger partial charge in [0.25, 0.3) is 0 Å². The fourth-order valence-corrected chi connectivity index (χ4v) is 2.84. The molecule has 3 rings (SSSR count). The highest BCUT2D eigenvalue weighted by Gasteiger charge is 2.21. The van der Waals surface area contributed by atoms with Crippen molar-refractivity contribution in [2.75, 3.05) is 16.8 Å². The smallest absolute Gasteiger partial charge is 0.228 e. The lowest BCUT2D eigenvalue weighted by Crippen LogP contribution is -2.23. The van der Waals surface area contributed by atoms with E-state index in [2.05, 4.69) is 5.32 Å². The van der Waals surface area contributed by atoms with E-state index in [4.69, 9.17) is 0 Å². The predicted molar refractivity (Wildman–Crippen MR) is 93.2 cm³/mol. The van der Waals surface area contributed by atoms with Gasteiger partial charge in [-0.05, 0) is 48.7 Å². The minimum absolute atomic E-state index is 0.0613. The van der Waals surface area contributed by atoms with Gasteiger partial charge in [-0.25, -0.2) is 0 Å². The van der Waals surface area contributed by atoms with E-state index in [0.29, 0.717) is 12.1 Å². The Kier molecular flexibility index (Phi) is 4.51. The number of carbonyl (C=O) groups excluding carboxylic acids is 2. The topological polar surface area (TPSA) is 69.6 Å². The molecule has 0 unspecified atom stereocenters. The number of hydrogen-bond acceptors (Lipinski definition) is 3. The average molecular weight is 324 g/mol. The highest BCUT2D eigenvalue weighted by molar-refractivity contribution is 5.96. The molecule has 0 radical (unpaired) electrons. The zero-order valence-corrected chi connectivity index (χ0v) is 13.6. The maximum Gasteiger partial charge on any atom is 0.228 e. The Bertz CT molecular complexity index is 769. The van der Waals surface area contributed by atoms with E-state index in [0.717, 1.165) is 29.8 Å². The summed E-state index contributed by atoms with van der Waals surface area (Å²) >= 11 is 0. The second-order valence-electron chi connectivity index (χ2n) is 6.06. The lowest BCUT2D eigenvalue weighted by Gasteiger charge is -2.16. The van der Waals surface area contributed by atoms with Gasteiger partial charge in [0.05, 0.1) is 12.1 Å². The number of anilines is 2. The number of amides is 2. The minimum atomic E-state index is -0.195. The molecule has 0 spiro atoms. The van der Waals surface area contributed by atoms with Crippen LogP contribution < -0.4 is 10.2 Å². The number of aryl methyl sites for hydroxylation is 1. The Morgan fingerprint density at radius 2 is 1.96 bits per heavy atom. The summed E-state index contributed by atoms with van der Waals surface area (Å²) in [6, 6.07) is 12.6. The summed E-state index contributed by atoms with van der Waals surface area (Å²) in [5, 5.41) is 12.5. The van der Waals surface area contributed by atoms with Crippen LogP contribution in [0.3, 0.4) is 0 Å². The van der Waals surface area contributed by atoms with Crippen molar-refractivity contribution in [2.24, 2.45) is 0 Å². The van der Waals surface area contributed by atoms with Gasteiger partial charge >= 0.3 is 0 Å². The van der Waals surface area contributed by atoms with E-state index < -0.39 is 0 Å². The number of phenolic OH excluding ortho intramolecular Hbond substituents is 1. The van der Waals surface area contributed by atoms with Gasteiger partial charge in [-0.3, -0.25) is 9.59 Å². The zero-order valence-electron chi connectivity index (χ0n) is 13.6. The number of hydrogen-bond donors (Lipinski definition) is 2. The monoisotopic (exact) mass is 324 g/mol. The molecule has 2 N–H and O–H groups in total. The molecule has 0 aliphatic carbocycles. The molecule has 1 aliphatic rings. The molecule has 5 nitrogen and oxygen atoms in total. The number of nitrogens with zero attached hydrogens (tertiary/aromatic N) is 1. The highest BCUT2D eigenvalue weighted by atomic mass is 16.3. The lowest BCUT2D eigenvalue weighted by atomic mass is 10.1. The lowest BCUT2D eigenvalue weighted by molar-refractivity contribution is -0.117. The molecule has 0 aromatic heterocycles. The summed E-state index contributed by atoms with van der Waals surface area (Å²) in [5.74, 6) is 0.0146. The van der Waals surface area contributed by atoms with Crippen molar-refractivity contribution < 1.29 is 14.7 Å². The first-order valence-electron chi connectivity index (χ1n) is 8.02. The van der Waals surface area contributed by atoms with Crippen LogP contribution in [-0.4, -0.2) is 23.5 Å². The summed E-state index contributed by atoms with van der Waals surface area (Å²) in [4.78, 5) is 25.6. The van der Waals surface area contributed by atoms with Crippen molar-refractivity contribution in [3.63, 3.8) is 0 Å². The minimum Gasteiger partial charge on any atom is -0.506 e. The van der Waals surface area contributed by atoms with Gasteiger partial charge in [-0.1, -0.05) is 18.2 Å². The SMILES string of the molecule is Cc1ccc(NC(=O)Cc2ccc(N3CCCC3=O)cc2)c(O)c1. The van der Waals surface area contributed by atoms with Crippen molar-refractivity contribution in [2.45, 2.75) is 26.2 Å². The second-order valence-corrected chi connectivity index (χ2v) is 6.06. The third-order valence-electron chi connectivity index (χ3n) is 4.11. The van der Waals surface area contributed by atoms with Crippen molar-refractivity contribution in [1.29, 1.82) is 0 Å². The first-order valence-corrected chi connectivity index (χ1v) is 8.02. The van der Waals surface area contributed by atoms with Crippen LogP contribution in [0.25, 0.3) is 0 Å². The zero-order chi connectivity index (χ0) is 17.1. The normalized spacial score (nSPS) is 14.0. The quantitative estimate of drug-likeness (QED) is 0.849. The molecule has 2 aromatic carbocycles. The molecule has 2 amide bonds. The van der Waals surface area contributed by atoms with Gasteiger partial charge in [-0.15, -0.1) is 0 Å². The molecule has 124 valence electrons. The van der Waals surface area contributed by atoms with Crippen LogP contribution in [0.2, 0.25) is 0 Å². The number of phenols is 1. The van der Waals surface area contributed by atoms with E-state index in [9.17, 15) is 14.7 Å². The first kappa shape index (κ1) is 16.1. The largest absolute Gasteiger partial charge is 0.506 e. The molecule has 1 saturated heterocycles. The van der Waals surface area contributed by atoms with Crippen LogP contribution in [0.15, 0.2) is 42.5 Å². The molecule has 2 aromatic rings. The van der Waals surface area contributed by atoms with Gasteiger partial charge in [0.15, 0.2) is 0 Å². The Labute approximate surface area is 140 Å². The maximum absolute atomic E-state index is 12.1. The second kappa shape index (κ2) is 6.74. The molecular formula is C19H20N2O3. The number of benzene rings is 2. The van der Waals surface area contributed by atoms with Crippen LogP contribution in [0, 0.1) is 6.92 Å². The Hall–Kier alpha value is -2.82. The van der Waals surface area contributed by atoms with Gasteiger partial charge in [0, 0.05) is 18.7 Å². The Morgan fingerprint density at radius 1 is 1.21 bits per heavy atom. The molecule has 1 heterocycles. The van der Waals surface area contributed by atoms with Gasteiger partial charge < -0.3 is 15.3 Å². The molecule has 1 aliphatic heterocycles. The fraction of sp³-hybridized carbons (Fsp3) is 0.263. The molecule has 5 heteroatoms. The van der Waals surface area contributed by atoms with Crippen LogP contribution in [-0.2, 0) is 16.0 Å². The molecule has 0 saturated carbocycles. The molecule has 1 fully saturated rings. The summed E-state index contributed by atoms with van der Waals surface area (Å²) in [7, 11) is 0. The fourth-order valence-electron chi connectivity index (χ4n) is 2.84. The molecular weight excluding hydrogens is 304 g/mol.